The summed E-state index contributed by atoms with van der Waals surface area (Å²) in [6, 6.07) is 4.69. The van der Waals surface area contributed by atoms with Crippen molar-refractivity contribution in [1.82, 2.24) is 0 Å². The van der Waals surface area contributed by atoms with Crippen LogP contribution in [0.25, 0.3) is 0 Å². The van der Waals surface area contributed by atoms with Crippen molar-refractivity contribution in [3.05, 3.63) is 29.6 Å². The van der Waals surface area contributed by atoms with Crippen LogP contribution in [-0.2, 0) is 6.42 Å². The van der Waals surface area contributed by atoms with Gasteiger partial charge in [0.15, 0.2) is 11.6 Å². The van der Waals surface area contributed by atoms with Gasteiger partial charge in [-0.2, -0.15) is 0 Å². The fourth-order valence-corrected chi connectivity index (χ4v) is 1.26. The number of ether oxygens (including phenoxy) is 1. The SMILES string of the molecule is COc1c(F)cccc1C[C@@H](C)O. The van der Waals surface area contributed by atoms with Gasteiger partial charge in [0, 0.05) is 6.42 Å². The topological polar surface area (TPSA) is 29.5 Å². The molecule has 0 heterocycles. The Labute approximate surface area is 77.0 Å². The van der Waals surface area contributed by atoms with Crippen molar-refractivity contribution >= 4 is 0 Å². The molecule has 0 radical (unpaired) electrons. The Balaban J connectivity index is 2.98. The predicted octanol–water partition coefficient (Wildman–Crippen LogP) is 1.76. The molecule has 2 nitrogen and oxygen atoms in total. The molecular weight excluding hydrogens is 171 g/mol. The lowest BCUT2D eigenvalue weighted by molar-refractivity contribution is 0.194. The Bertz CT molecular complexity index is 284. The van der Waals surface area contributed by atoms with E-state index in [0.29, 0.717) is 12.0 Å². The summed E-state index contributed by atoms with van der Waals surface area (Å²) in [6.45, 7) is 1.66. The zero-order valence-corrected chi connectivity index (χ0v) is 7.75. The molecule has 72 valence electrons. The number of para-hydroxylation sites is 1. The minimum atomic E-state index is -0.490. The van der Waals surface area contributed by atoms with Crippen LogP contribution in [0.5, 0.6) is 5.75 Å². The van der Waals surface area contributed by atoms with Gasteiger partial charge in [-0.1, -0.05) is 12.1 Å². The van der Waals surface area contributed by atoms with Crippen LogP contribution < -0.4 is 4.74 Å². The summed E-state index contributed by atoms with van der Waals surface area (Å²) in [5.41, 5.74) is 0.692. The highest BCUT2D eigenvalue weighted by atomic mass is 19.1. The van der Waals surface area contributed by atoms with E-state index in [1.165, 1.54) is 13.2 Å². The van der Waals surface area contributed by atoms with Crippen molar-refractivity contribution < 1.29 is 14.2 Å². The van der Waals surface area contributed by atoms with Crippen molar-refractivity contribution in [2.24, 2.45) is 0 Å². The van der Waals surface area contributed by atoms with E-state index in [4.69, 9.17) is 9.84 Å². The molecule has 0 aliphatic rings. The summed E-state index contributed by atoms with van der Waals surface area (Å²) in [6.07, 6.45) is -0.0864. The third-order valence-corrected chi connectivity index (χ3v) is 1.77. The van der Waals surface area contributed by atoms with Crippen molar-refractivity contribution in [3.8, 4) is 5.75 Å². The first kappa shape index (κ1) is 9.99. The van der Waals surface area contributed by atoms with Gasteiger partial charge in [0.2, 0.25) is 0 Å². The summed E-state index contributed by atoms with van der Waals surface area (Å²) in [5, 5.41) is 9.14. The van der Waals surface area contributed by atoms with Gasteiger partial charge in [0.1, 0.15) is 0 Å². The second-order valence-electron chi connectivity index (χ2n) is 2.99. The average Bonchev–Trinajstić information content (AvgIpc) is 2.03. The minimum absolute atomic E-state index is 0.225. The predicted molar refractivity (Wildman–Crippen MR) is 48.3 cm³/mol. The molecule has 0 aliphatic heterocycles. The van der Waals surface area contributed by atoms with E-state index in [9.17, 15) is 4.39 Å². The maximum Gasteiger partial charge on any atom is 0.165 e. The van der Waals surface area contributed by atoms with Crippen molar-refractivity contribution in [2.75, 3.05) is 7.11 Å². The number of aliphatic hydroxyl groups is 1. The summed E-state index contributed by atoms with van der Waals surface area (Å²) >= 11 is 0. The van der Waals surface area contributed by atoms with Crippen LogP contribution in [0.3, 0.4) is 0 Å². The third kappa shape index (κ3) is 2.42. The lowest BCUT2D eigenvalue weighted by Crippen LogP contribution is -2.06. The average molecular weight is 184 g/mol. The zero-order chi connectivity index (χ0) is 9.84. The van der Waals surface area contributed by atoms with Gasteiger partial charge >= 0.3 is 0 Å². The van der Waals surface area contributed by atoms with Gasteiger partial charge in [-0.3, -0.25) is 0 Å². The quantitative estimate of drug-likeness (QED) is 0.775. The van der Waals surface area contributed by atoms with Crippen molar-refractivity contribution in [3.63, 3.8) is 0 Å². The number of hydrogen-bond donors (Lipinski definition) is 1. The molecule has 0 saturated carbocycles. The van der Waals surface area contributed by atoms with Crippen LogP contribution in [0.4, 0.5) is 4.39 Å². The van der Waals surface area contributed by atoms with Gasteiger partial charge < -0.3 is 9.84 Å². The summed E-state index contributed by atoms with van der Waals surface area (Å²) in [5.74, 6) is -0.163. The van der Waals surface area contributed by atoms with E-state index >= 15 is 0 Å². The Morgan fingerprint density at radius 1 is 1.54 bits per heavy atom. The molecule has 0 amide bonds. The maximum atomic E-state index is 13.1. The van der Waals surface area contributed by atoms with Gasteiger partial charge in [-0.15, -0.1) is 0 Å². The lowest BCUT2D eigenvalue weighted by Gasteiger charge is -2.10. The van der Waals surface area contributed by atoms with E-state index in [2.05, 4.69) is 0 Å². The van der Waals surface area contributed by atoms with Crippen LogP contribution in [0.2, 0.25) is 0 Å². The maximum absolute atomic E-state index is 13.1. The van der Waals surface area contributed by atoms with Gasteiger partial charge in [0.05, 0.1) is 13.2 Å². The second kappa shape index (κ2) is 4.23. The zero-order valence-electron chi connectivity index (χ0n) is 7.75. The highest BCUT2D eigenvalue weighted by Crippen LogP contribution is 2.23. The first-order valence-corrected chi connectivity index (χ1v) is 4.14. The van der Waals surface area contributed by atoms with E-state index in [-0.39, 0.29) is 11.6 Å². The number of hydrogen-bond acceptors (Lipinski definition) is 2. The highest BCUT2D eigenvalue weighted by Gasteiger charge is 2.09. The van der Waals surface area contributed by atoms with E-state index in [0.717, 1.165) is 0 Å². The minimum Gasteiger partial charge on any atom is -0.493 e. The Kier molecular flexibility index (Phi) is 3.25. The van der Waals surface area contributed by atoms with Crippen LogP contribution in [0, 0.1) is 5.82 Å². The number of methoxy groups -OCH3 is 1. The first-order chi connectivity index (χ1) is 6.15. The largest absolute Gasteiger partial charge is 0.493 e. The number of benzene rings is 1. The summed E-state index contributed by atoms with van der Waals surface area (Å²) < 4.78 is 18.0. The summed E-state index contributed by atoms with van der Waals surface area (Å²) in [4.78, 5) is 0. The molecule has 0 unspecified atom stereocenters. The molecule has 0 aromatic heterocycles. The molecule has 1 rings (SSSR count). The molecule has 3 heteroatoms. The Morgan fingerprint density at radius 3 is 2.77 bits per heavy atom. The second-order valence-corrected chi connectivity index (χ2v) is 2.99. The van der Waals surface area contributed by atoms with Crippen LogP contribution in [0.15, 0.2) is 18.2 Å². The third-order valence-electron chi connectivity index (χ3n) is 1.77. The van der Waals surface area contributed by atoms with E-state index < -0.39 is 6.10 Å². The van der Waals surface area contributed by atoms with Crippen LogP contribution in [0.1, 0.15) is 12.5 Å². The molecule has 0 fully saturated rings. The van der Waals surface area contributed by atoms with E-state index in [1.807, 2.05) is 0 Å². The Hall–Kier alpha value is -1.09. The monoisotopic (exact) mass is 184 g/mol. The molecule has 13 heavy (non-hydrogen) atoms. The number of aliphatic hydroxyl groups excluding tert-OH is 1. The smallest absolute Gasteiger partial charge is 0.165 e. The molecular formula is C10H13FO2. The van der Waals surface area contributed by atoms with Gasteiger partial charge in [0.25, 0.3) is 0 Å². The highest BCUT2D eigenvalue weighted by molar-refractivity contribution is 5.35. The van der Waals surface area contributed by atoms with Gasteiger partial charge in [-0.05, 0) is 18.6 Å². The molecule has 0 aliphatic carbocycles. The fraction of sp³-hybridized carbons (Fsp3) is 0.400. The summed E-state index contributed by atoms with van der Waals surface area (Å²) in [7, 11) is 1.42. The van der Waals surface area contributed by atoms with E-state index in [1.54, 1.807) is 19.1 Å². The fourth-order valence-electron chi connectivity index (χ4n) is 1.26. The lowest BCUT2D eigenvalue weighted by atomic mass is 10.1. The van der Waals surface area contributed by atoms with Crippen molar-refractivity contribution in [2.45, 2.75) is 19.4 Å². The number of halogens is 1. The molecule has 1 aromatic rings. The normalized spacial score (nSPS) is 12.6. The van der Waals surface area contributed by atoms with Crippen molar-refractivity contribution in [1.29, 1.82) is 0 Å². The first-order valence-electron chi connectivity index (χ1n) is 4.14. The molecule has 0 spiro atoms. The molecule has 1 aromatic carbocycles. The van der Waals surface area contributed by atoms with Crippen LogP contribution >= 0.6 is 0 Å². The Morgan fingerprint density at radius 2 is 2.23 bits per heavy atom. The number of rotatable bonds is 3. The standard InChI is InChI=1S/C10H13FO2/c1-7(12)6-8-4-3-5-9(11)10(8)13-2/h3-5,7,12H,6H2,1-2H3/t7-/m1/s1. The molecule has 0 saturated heterocycles. The molecule has 1 N–H and O–H groups in total. The molecule has 0 bridgehead atoms. The molecule has 1 atom stereocenters. The van der Waals surface area contributed by atoms with Crippen LogP contribution in [-0.4, -0.2) is 18.3 Å². The van der Waals surface area contributed by atoms with Gasteiger partial charge in [-0.25, -0.2) is 4.39 Å².